The first-order valence-electron chi connectivity index (χ1n) is 6.04. The fourth-order valence-electron chi connectivity index (χ4n) is 1.66. The zero-order chi connectivity index (χ0) is 12.6. The van der Waals surface area contributed by atoms with Gasteiger partial charge < -0.3 is 20.1 Å². The molecule has 0 heterocycles. The van der Waals surface area contributed by atoms with Gasteiger partial charge in [0, 0.05) is 25.2 Å². The molecular weight excluding hydrogens is 204 g/mol. The van der Waals surface area contributed by atoms with Gasteiger partial charge in [0.2, 0.25) is 0 Å². The zero-order valence-corrected chi connectivity index (χ0v) is 11.4. The molecule has 0 saturated heterocycles. The summed E-state index contributed by atoms with van der Waals surface area (Å²) in [4.78, 5) is 2.26. The standard InChI is InChI=1S/C12H28N2O2/c1-6-13-12(3,10-15)7-8-14(4)11(2)9-16-5/h11,13,15H,6-10H2,1-5H3. The molecule has 0 aliphatic rings. The van der Waals surface area contributed by atoms with E-state index >= 15 is 0 Å². The van der Waals surface area contributed by atoms with Crippen molar-refractivity contribution in [1.29, 1.82) is 0 Å². The summed E-state index contributed by atoms with van der Waals surface area (Å²) in [5.41, 5.74) is -0.171. The zero-order valence-electron chi connectivity index (χ0n) is 11.4. The van der Waals surface area contributed by atoms with Crippen molar-refractivity contribution < 1.29 is 9.84 Å². The molecule has 16 heavy (non-hydrogen) atoms. The van der Waals surface area contributed by atoms with Crippen molar-refractivity contribution in [2.45, 2.75) is 38.8 Å². The first-order chi connectivity index (χ1) is 7.49. The van der Waals surface area contributed by atoms with Crippen LogP contribution in [0.2, 0.25) is 0 Å². The molecule has 0 fully saturated rings. The van der Waals surface area contributed by atoms with Crippen molar-refractivity contribution in [3.63, 3.8) is 0 Å². The predicted molar refractivity (Wildman–Crippen MR) is 67.8 cm³/mol. The van der Waals surface area contributed by atoms with E-state index in [2.05, 4.69) is 38.0 Å². The Bertz CT molecular complexity index is 178. The molecule has 2 atom stereocenters. The SMILES string of the molecule is CCNC(C)(CO)CCN(C)C(C)COC. The topological polar surface area (TPSA) is 44.7 Å². The highest BCUT2D eigenvalue weighted by Gasteiger charge is 2.22. The van der Waals surface area contributed by atoms with Crippen molar-refractivity contribution >= 4 is 0 Å². The van der Waals surface area contributed by atoms with Crippen LogP contribution in [-0.4, -0.2) is 62.0 Å². The number of methoxy groups -OCH3 is 1. The third-order valence-electron chi connectivity index (χ3n) is 3.13. The number of aliphatic hydroxyl groups excluding tert-OH is 1. The second-order valence-corrected chi connectivity index (χ2v) is 4.78. The molecular formula is C12H28N2O2. The van der Waals surface area contributed by atoms with Gasteiger partial charge in [0.15, 0.2) is 0 Å². The Morgan fingerprint density at radius 1 is 1.50 bits per heavy atom. The maximum Gasteiger partial charge on any atom is 0.0615 e. The Labute approximate surface area is 100.0 Å². The van der Waals surface area contributed by atoms with Gasteiger partial charge in [-0.1, -0.05) is 6.92 Å². The quantitative estimate of drug-likeness (QED) is 0.614. The first kappa shape index (κ1) is 15.8. The largest absolute Gasteiger partial charge is 0.394 e. The van der Waals surface area contributed by atoms with E-state index in [9.17, 15) is 5.11 Å². The Morgan fingerprint density at radius 2 is 2.12 bits per heavy atom. The van der Waals surface area contributed by atoms with Gasteiger partial charge >= 0.3 is 0 Å². The molecule has 0 aromatic heterocycles. The van der Waals surface area contributed by atoms with Gasteiger partial charge in [0.25, 0.3) is 0 Å². The number of rotatable bonds is 9. The third kappa shape index (κ3) is 5.80. The summed E-state index contributed by atoms with van der Waals surface area (Å²) >= 11 is 0. The first-order valence-corrected chi connectivity index (χ1v) is 6.04. The molecule has 4 nitrogen and oxygen atoms in total. The molecule has 0 saturated carbocycles. The van der Waals surface area contributed by atoms with E-state index in [0.29, 0.717) is 6.04 Å². The lowest BCUT2D eigenvalue weighted by Crippen LogP contribution is -2.48. The maximum atomic E-state index is 9.37. The van der Waals surface area contributed by atoms with Crippen LogP contribution in [0.25, 0.3) is 0 Å². The molecule has 0 radical (unpaired) electrons. The number of aliphatic hydroxyl groups is 1. The van der Waals surface area contributed by atoms with E-state index in [1.54, 1.807) is 7.11 Å². The molecule has 0 aliphatic heterocycles. The lowest BCUT2D eigenvalue weighted by Gasteiger charge is -2.32. The molecule has 0 aromatic carbocycles. The molecule has 0 aromatic rings. The van der Waals surface area contributed by atoms with Crippen LogP contribution in [0.3, 0.4) is 0 Å². The van der Waals surface area contributed by atoms with E-state index in [1.165, 1.54) is 0 Å². The van der Waals surface area contributed by atoms with E-state index in [1.807, 2.05) is 0 Å². The lowest BCUT2D eigenvalue weighted by molar-refractivity contribution is 0.0992. The van der Waals surface area contributed by atoms with E-state index in [-0.39, 0.29) is 12.1 Å². The minimum atomic E-state index is -0.171. The highest BCUT2D eigenvalue weighted by molar-refractivity contribution is 4.83. The van der Waals surface area contributed by atoms with E-state index < -0.39 is 0 Å². The molecule has 0 rings (SSSR count). The number of ether oxygens (including phenoxy) is 1. The molecule has 2 N–H and O–H groups in total. The fraction of sp³-hybridized carbons (Fsp3) is 1.00. The Kier molecular flexibility index (Phi) is 7.93. The van der Waals surface area contributed by atoms with Crippen LogP contribution in [-0.2, 0) is 4.74 Å². The number of nitrogens with zero attached hydrogens (tertiary/aromatic N) is 1. The van der Waals surface area contributed by atoms with Crippen LogP contribution in [0.15, 0.2) is 0 Å². The van der Waals surface area contributed by atoms with Crippen LogP contribution >= 0.6 is 0 Å². The Morgan fingerprint density at radius 3 is 2.56 bits per heavy atom. The second kappa shape index (κ2) is 8.01. The normalized spacial score (nSPS) is 17.4. The number of nitrogens with one attached hydrogen (secondary N) is 1. The summed E-state index contributed by atoms with van der Waals surface area (Å²) < 4.78 is 5.12. The molecule has 2 unspecified atom stereocenters. The van der Waals surface area contributed by atoms with Gasteiger partial charge in [-0.2, -0.15) is 0 Å². The van der Waals surface area contributed by atoms with Crippen molar-refractivity contribution in [3.05, 3.63) is 0 Å². The van der Waals surface area contributed by atoms with Crippen LogP contribution in [0.4, 0.5) is 0 Å². The van der Waals surface area contributed by atoms with Gasteiger partial charge in [-0.15, -0.1) is 0 Å². The molecule has 0 bridgehead atoms. The predicted octanol–water partition coefficient (Wildman–Crippen LogP) is 0.704. The molecule has 4 heteroatoms. The number of hydrogen-bond acceptors (Lipinski definition) is 4. The van der Waals surface area contributed by atoms with Crippen LogP contribution < -0.4 is 5.32 Å². The summed E-state index contributed by atoms with van der Waals surface area (Å²) in [6.45, 7) is 9.02. The minimum Gasteiger partial charge on any atom is -0.394 e. The monoisotopic (exact) mass is 232 g/mol. The Hall–Kier alpha value is -0.160. The van der Waals surface area contributed by atoms with Gasteiger partial charge in [0.1, 0.15) is 0 Å². The van der Waals surface area contributed by atoms with Gasteiger partial charge in [-0.3, -0.25) is 0 Å². The minimum absolute atomic E-state index is 0.171. The summed E-state index contributed by atoms with van der Waals surface area (Å²) in [6.07, 6.45) is 0.932. The number of hydrogen-bond donors (Lipinski definition) is 2. The van der Waals surface area contributed by atoms with Crippen LogP contribution in [0.5, 0.6) is 0 Å². The molecule has 0 spiro atoms. The van der Waals surface area contributed by atoms with Crippen LogP contribution in [0, 0.1) is 0 Å². The molecule has 0 aliphatic carbocycles. The second-order valence-electron chi connectivity index (χ2n) is 4.78. The van der Waals surface area contributed by atoms with E-state index in [0.717, 1.165) is 26.1 Å². The van der Waals surface area contributed by atoms with Gasteiger partial charge in [-0.05, 0) is 33.9 Å². The van der Waals surface area contributed by atoms with Gasteiger partial charge in [-0.25, -0.2) is 0 Å². The summed E-state index contributed by atoms with van der Waals surface area (Å²) in [5.74, 6) is 0. The average Bonchev–Trinajstić information content (AvgIpc) is 2.26. The highest BCUT2D eigenvalue weighted by Crippen LogP contribution is 2.10. The van der Waals surface area contributed by atoms with Crippen molar-refractivity contribution in [2.75, 3.05) is 40.5 Å². The van der Waals surface area contributed by atoms with Crippen molar-refractivity contribution in [1.82, 2.24) is 10.2 Å². The molecule has 98 valence electrons. The fourth-order valence-corrected chi connectivity index (χ4v) is 1.66. The smallest absolute Gasteiger partial charge is 0.0615 e. The summed E-state index contributed by atoms with van der Waals surface area (Å²) in [5, 5.41) is 12.7. The molecule has 0 amide bonds. The highest BCUT2D eigenvalue weighted by atomic mass is 16.5. The number of likely N-dealkylation sites (N-methyl/N-ethyl adjacent to an activating group) is 2. The van der Waals surface area contributed by atoms with Crippen molar-refractivity contribution in [2.24, 2.45) is 0 Å². The maximum absolute atomic E-state index is 9.37. The average molecular weight is 232 g/mol. The van der Waals surface area contributed by atoms with E-state index in [4.69, 9.17) is 4.74 Å². The Balaban J connectivity index is 4.00. The lowest BCUT2D eigenvalue weighted by atomic mass is 9.98. The summed E-state index contributed by atoms with van der Waals surface area (Å²) in [7, 11) is 3.81. The van der Waals surface area contributed by atoms with Gasteiger partial charge in [0.05, 0.1) is 13.2 Å². The van der Waals surface area contributed by atoms with Crippen molar-refractivity contribution in [3.8, 4) is 0 Å². The van der Waals surface area contributed by atoms with Crippen LogP contribution in [0.1, 0.15) is 27.2 Å². The summed E-state index contributed by atoms with van der Waals surface area (Å²) in [6, 6.07) is 0.412. The third-order valence-corrected chi connectivity index (χ3v) is 3.13.